The molecule has 0 aliphatic carbocycles. The van der Waals surface area contributed by atoms with Crippen LogP contribution in [0.3, 0.4) is 0 Å². The van der Waals surface area contributed by atoms with Crippen molar-refractivity contribution < 1.29 is 4.42 Å². The van der Waals surface area contributed by atoms with Gasteiger partial charge in [0.15, 0.2) is 0 Å². The Hall–Kier alpha value is -9.50. The Labute approximate surface area is 420 Å². The molecule has 0 saturated heterocycles. The fourth-order valence-corrected chi connectivity index (χ4v) is 10.6. The predicted molar refractivity (Wildman–Crippen MR) is 304 cm³/mol. The SMILES string of the molecule is c1ccc(-c2ccccc2-c2ccccc2-c2ccc(N(c3ccc(-c4cccc(-c5oc6ccccc6c5-c5ccccc5)c4)cc3)c3ccc(-c4ccc5c(ccc6ccccc65)c4)cc3)cc2)cc1. The molecule has 0 aliphatic heterocycles. The highest BCUT2D eigenvalue weighted by atomic mass is 16.3. The minimum atomic E-state index is 0.874. The number of furan rings is 1. The largest absolute Gasteiger partial charge is 0.455 e. The smallest absolute Gasteiger partial charge is 0.143 e. The van der Waals surface area contributed by atoms with E-state index in [4.69, 9.17) is 4.42 Å². The van der Waals surface area contributed by atoms with E-state index in [9.17, 15) is 0 Å². The van der Waals surface area contributed by atoms with Crippen LogP contribution < -0.4 is 4.90 Å². The summed E-state index contributed by atoms with van der Waals surface area (Å²) in [5.41, 5.74) is 19.2. The van der Waals surface area contributed by atoms with E-state index in [1.165, 1.54) is 60.5 Å². The Morgan fingerprint density at radius 3 is 1.31 bits per heavy atom. The molecule has 0 fully saturated rings. The second kappa shape index (κ2) is 18.4. The van der Waals surface area contributed by atoms with E-state index in [-0.39, 0.29) is 0 Å². The quantitative estimate of drug-likeness (QED) is 0.127. The van der Waals surface area contributed by atoms with Gasteiger partial charge in [0.1, 0.15) is 11.3 Å². The molecule has 2 heteroatoms. The Kier molecular flexibility index (Phi) is 10.9. The fourth-order valence-electron chi connectivity index (χ4n) is 10.6. The molecule has 0 radical (unpaired) electrons. The summed E-state index contributed by atoms with van der Waals surface area (Å²) in [5, 5.41) is 6.16. The molecule has 0 N–H and O–H groups in total. The van der Waals surface area contributed by atoms with Gasteiger partial charge in [-0.15, -0.1) is 0 Å². The second-order valence-electron chi connectivity index (χ2n) is 18.4. The van der Waals surface area contributed by atoms with Crippen LogP contribution in [0, 0.1) is 0 Å². The van der Waals surface area contributed by atoms with E-state index in [1.807, 2.05) is 6.07 Å². The van der Waals surface area contributed by atoms with E-state index in [0.29, 0.717) is 0 Å². The average Bonchev–Trinajstić information content (AvgIpc) is 3.86. The molecule has 2 nitrogen and oxygen atoms in total. The molecule has 0 saturated carbocycles. The van der Waals surface area contributed by atoms with Gasteiger partial charge in [-0.05, 0) is 137 Å². The lowest BCUT2D eigenvalue weighted by atomic mass is 9.89. The molecular weight excluding hydrogens is 871 g/mol. The van der Waals surface area contributed by atoms with Crippen LogP contribution in [0.25, 0.3) is 111 Å². The normalized spacial score (nSPS) is 11.3. The molecule has 338 valence electrons. The van der Waals surface area contributed by atoms with E-state index >= 15 is 0 Å². The molecule has 0 unspecified atom stereocenters. The molecule has 72 heavy (non-hydrogen) atoms. The van der Waals surface area contributed by atoms with Crippen molar-refractivity contribution in [2.75, 3.05) is 4.90 Å². The molecule has 1 aromatic heterocycles. The Bertz CT molecular complexity index is 4060. The number of rotatable bonds is 10. The van der Waals surface area contributed by atoms with Crippen LogP contribution in [-0.2, 0) is 0 Å². The first-order chi connectivity index (χ1) is 35.7. The number of fused-ring (bicyclic) bond motifs is 4. The Morgan fingerprint density at radius 2 is 0.667 bits per heavy atom. The lowest BCUT2D eigenvalue weighted by Gasteiger charge is -2.26. The third-order valence-corrected chi connectivity index (χ3v) is 14.1. The molecule has 12 aromatic carbocycles. The number of hydrogen-bond acceptors (Lipinski definition) is 2. The molecular formula is C70H47NO. The monoisotopic (exact) mass is 917 g/mol. The van der Waals surface area contributed by atoms with Crippen LogP contribution in [0.2, 0.25) is 0 Å². The van der Waals surface area contributed by atoms with Gasteiger partial charge in [0.2, 0.25) is 0 Å². The summed E-state index contributed by atoms with van der Waals surface area (Å²) in [6.07, 6.45) is 0. The van der Waals surface area contributed by atoms with Gasteiger partial charge in [-0.25, -0.2) is 0 Å². The molecule has 0 spiro atoms. The highest BCUT2D eigenvalue weighted by Crippen LogP contribution is 2.44. The zero-order valence-corrected chi connectivity index (χ0v) is 39.5. The third kappa shape index (κ3) is 7.92. The first-order valence-corrected chi connectivity index (χ1v) is 24.6. The summed E-state index contributed by atoms with van der Waals surface area (Å²) in [6, 6.07) is 103. The first kappa shape index (κ1) is 42.6. The second-order valence-corrected chi connectivity index (χ2v) is 18.4. The topological polar surface area (TPSA) is 16.4 Å². The lowest BCUT2D eigenvalue weighted by molar-refractivity contribution is 0.632. The summed E-state index contributed by atoms with van der Waals surface area (Å²) >= 11 is 0. The van der Waals surface area contributed by atoms with Crippen LogP contribution in [0.15, 0.2) is 290 Å². The maximum absolute atomic E-state index is 6.63. The Morgan fingerprint density at radius 1 is 0.236 bits per heavy atom. The highest BCUT2D eigenvalue weighted by molar-refractivity contribution is 6.08. The third-order valence-electron chi connectivity index (χ3n) is 14.1. The van der Waals surface area contributed by atoms with Crippen LogP contribution >= 0.6 is 0 Å². The van der Waals surface area contributed by atoms with Crippen molar-refractivity contribution in [2.45, 2.75) is 0 Å². The fraction of sp³-hybridized carbons (Fsp3) is 0. The van der Waals surface area contributed by atoms with Crippen molar-refractivity contribution in [1.82, 2.24) is 0 Å². The van der Waals surface area contributed by atoms with E-state index in [1.54, 1.807) is 0 Å². The molecule has 13 rings (SSSR count). The van der Waals surface area contributed by atoms with Crippen molar-refractivity contribution in [1.29, 1.82) is 0 Å². The number of nitrogens with zero attached hydrogens (tertiary/aromatic N) is 1. The van der Waals surface area contributed by atoms with Gasteiger partial charge in [-0.1, -0.05) is 231 Å². The number of anilines is 3. The van der Waals surface area contributed by atoms with Gasteiger partial charge in [0, 0.05) is 33.6 Å². The standard InChI is InChI=1S/C70H47NO/c1-3-16-50(17-4-1)62-24-9-11-26-65(62)66-27-12-10-25-63(66)52-36-43-60(44-37-52)71(59-41-34-49(35-42-59)55-38-45-64-56(46-55)31-30-51-18-7-8-23-61(51)64)58-39-32-48(33-40-58)54-21-15-22-57(47-54)70-69(53-19-5-2-6-20-53)67-28-13-14-29-68(67)72-70/h1-47H. The lowest BCUT2D eigenvalue weighted by Crippen LogP contribution is -2.09. The van der Waals surface area contributed by atoms with Crippen LogP contribution in [0.5, 0.6) is 0 Å². The van der Waals surface area contributed by atoms with Crippen molar-refractivity contribution in [3.05, 3.63) is 285 Å². The first-order valence-electron chi connectivity index (χ1n) is 24.6. The molecule has 0 amide bonds. The zero-order valence-electron chi connectivity index (χ0n) is 39.5. The number of benzene rings is 12. The molecule has 0 bridgehead atoms. The number of hydrogen-bond donors (Lipinski definition) is 0. The van der Waals surface area contributed by atoms with Crippen molar-refractivity contribution in [3.63, 3.8) is 0 Å². The van der Waals surface area contributed by atoms with Crippen LogP contribution in [-0.4, -0.2) is 0 Å². The maximum Gasteiger partial charge on any atom is 0.143 e. The molecule has 0 aliphatic rings. The zero-order chi connectivity index (χ0) is 47.8. The summed E-state index contributed by atoms with van der Waals surface area (Å²) < 4.78 is 6.63. The van der Waals surface area contributed by atoms with E-state index < -0.39 is 0 Å². The van der Waals surface area contributed by atoms with Gasteiger partial charge >= 0.3 is 0 Å². The number of para-hydroxylation sites is 1. The summed E-state index contributed by atoms with van der Waals surface area (Å²) in [6.45, 7) is 0. The summed E-state index contributed by atoms with van der Waals surface area (Å²) in [4.78, 5) is 2.36. The van der Waals surface area contributed by atoms with Crippen molar-refractivity contribution in [3.8, 4) is 78.1 Å². The average molecular weight is 918 g/mol. The van der Waals surface area contributed by atoms with Gasteiger partial charge in [-0.2, -0.15) is 0 Å². The van der Waals surface area contributed by atoms with E-state index in [0.717, 1.165) is 67.2 Å². The maximum atomic E-state index is 6.63. The summed E-state index contributed by atoms with van der Waals surface area (Å²) in [5.74, 6) is 0.874. The van der Waals surface area contributed by atoms with Gasteiger partial charge in [-0.3, -0.25) is 0 Å². The van der Waals surface area contributed by atoms with Crippen LogP contribution in [0.1, 0.15) is 0 Å². The summed E-state index contributed by atoms with van der Waals surface area (Å²) in [7, 11) is 0. The molecule has 13 aromatic rings. The minimum Gasteiger partial charge on any atom is -0.455 e. The predicted octanol–water partition coefficient (Wildman–Crippen LogP) is 19.9. The van der Waals surface area contributed by atoms with Crippen LogP contribution in [0.4, 0.5) is 17.1 Å². The van der Waals surface area contributed by atoms with Crippen molar-refractivity contribution >= 4 is 49.6 Å². The Balaban J connectivity index is 0.871. The van der Waals surface area contributed by atoms with Gasteiger partial charge < -0.3 is 9.32 Å². The van der Waals surface area contributed by atoms with Crippen molar-refractivity contribution in [2.24, 2.45) is 0 Å². The van der Waals surface area contributed by atoms with Gasteiger partial charge in [0.25, 0.3) is 0 Å². The van der Waals surface area contributed by atoms with Gasteiger partial charge in [0.05, 0.1) is 0 Å². The molecule has 0 atom stereocenters. The minimum absolute atomic E-state index is 0.874. The molecule has 1 heterocycles. The highest BCUT2D eigenvalue weighted by Gasteiger charge is 2.20. The van der Waals surface area contributed by atoms with E-state index in [2.05, 4.69) is 284 Å².